The fraction of sp³-hybridized carbons (Fsp3) is 0.0526. The summed E-state index contributed by atoms with van der Waals surface area (Å²) >= 11 is 5.91. The second-order valence-electron chi connectivity index (χ2n) is 5.31. The zero-order valence-electron chi connectivity index (χ0n) is 13.2. The van der Waals surface area contributed by atoms with Gasteiger partial charge in [0.15, 0.2) is 0 Å². The predicted octanol–water partition coefficient (Wildman–Crippen LogP) is 4.12. The molecule has 0 aliphatic rings. The molecule has 25 heavy (non-hydrogen) atoms. The first kappa shape index (κ1) is 16.8. The summed E-state index contributed by atoms with van der Waals surface area (Å²) in [6.07, 6.45) is 1.54. The van der Waals surface area contributed by atoms with Crippen molar-refractivity contribution in [2.24, 2.45) is 0 Å². The van der Waals surface area contributed by atoms with E-state index in [9.17, 15) is 9.59 Å². The van der Waals surface area contributed by atoms with Crippen LogP contribution in [0.3, 0.4) is 0 Å². The van der Waals surface area contributed by atoms with E-state index < -0.39 is 0 Å². The number of hydrogen-bond acceptors (Lipinski definition) is 3. The Morgan fingerprint density at radius 3 is 2.40 bits per heavy atom. The first-order chi connectivity index (χ1) is 12.1. The summed E-state index contributed by atoms with van der Waals surface area (Å²) in [5.74, 6) is 0.0555. The van der Waals surface area contributed by atoms with Crippen LogP contribution in [0.4, 0.5) is 5.69 Å². The Bertz CT molecular complexity index is 891. The Hall–Kier alpha value is -3.05. The van der Waals surface area contributed by atoms with E-state index in [1.807, 2.05) is 0 Å². The number of furan rings is 1. The summed E-state index contributed by atoms with van der Waals surface area (Å²) in [5, 5.41) is 6.02. The molecule has 0 atom stereocenters. The molecule has 126 valence electrons. The molecule has 0 spiro atoms. The maximum absolute atomic E-state index is 12.3. The van der Waals surface area contributed by atoms with Gasteiger partial charge in [-0.05, 0) is 48.5 Å². The lowest BCUT2D eigenvalue weighted by atomic mass is 10.1. The fourth-order valence-electron chi connectivity index (χ4n) is 2.25. The lowest BCUT2D eigenvalue weighted by Gasteiger charge is -2.08. The van der Waals surface area contributed by atoms with Crippen molar-refractivity contribution in [1.82, 2.24) is 5.32 Å². The van der Waals surface area contributed by atoms with Crippen LogP contribution >= 0.6 is 11.6 Å². The van der Waals surface area contributed by atoms with E-state index in [1.165, 1.54) is 6.07 Å². The van der Waals surface area contributed by atoms with Crippen LogP contribution in [0.5, 0.6) is 0 Å². The van der Waals surface area contributed by atoms with Crippen molar-refractivity contribution < 1.29 is 14.0 Å². The average molecular weight is 355 g/mol. The third-order valence-electron chi connectivity index (χ3n) is 3.47. The predicted molar refractivity (Wildman–Crippen MR) is 95.7 cm³/mol. The maximum atomic E-state index is 12.3. The van der Waals surface area contributed by atoms with Crippen LogP contribution in [0.2, 0.25) is 5.02 Å². The first-order valence-electron chi connectivity index (χ1n) is 7.59. The zero-order chi connectivity index (χ0) is 17.6. The van der Waals surface area contributed by atoms with E-state index in [4.69, 9.17) is 16.0 Å². The Labute approximate surface area is 149 Å². The van der Waals surface area contributed by atoms with E-state index in [0.29, 0.717) is 27.6 Å². The molecule has 1 heterocycles. The smallest absolute Gasteiger partial charge is 0.255 e. The molecule has 0 fully saturated rings. The van der Waals surface area contributed by atoms with Gasteiger partial charge in [-0.1, -0.05) is 23.7 Å². The standard InChI is InChI=1S/C19H15ClN2O3/c20-15-6-2-7-16(11-15)22-19(24)14-5-1-4-13(10-14)18(23)21-12-17-8-3-9-25-17/h1-11H,12H2,(H,21,23)(H,22,24). The quantitative estimate of drug-likeness (QED) is 0.724. The van der Waals surface area contributed by atoms with Gasteiger partial charge in [0.25, 0.3) is 11.8 Å². The molecule has 6 heteroatoms. The Morgan fingerprint density at radius 1 is 0.920 bits per heavy atom. The van der Waals surface area contributed by atoms with Crippen LogP contribution in [0, 0.1) is 0 Å². The first-order valence-corrected chi connectivity index (χ1v) is 7.97. The van der Waals surface area contributed by atoms with Gasteiger partial charge in [-0.15, -0.1) is 0 Å². The monoisotopic (exact) mass is 354 g/mol. The van der Waals surface area contributed by atoms with E-state index in [2.05, 4.69) is 10.6 Å². The second kappa shape index (κ2) is 7.68. The van der Waals surface area contributed by atoms with Gasteiger partial charge in [0.2, 0.25) is 0 Å². The number of amides is 2. The molecule has 0 saturated heterocycles. The van der Waals surface area contributed by atoms with Crippen molar-refractivity contribution in [3.8, 4) is 0 Å². The van der Waals surface area contributed by atoms with E-state index in [1.54, 1.807) is 60.9 Å². The van der Waals surface area contributed by atoms with Crippen molar-refractivity contribution in [3.05, 3.63) is 88.8 Å². The molecule has 1 aromatic heterocycles. The molecule has 5 nitrogen and oxygen atoms in total. The number of carbonyl (C=O) groups is 2. The Balaban J connectivity index is 1.67. The van der Waals surface area contributed by atoms with Crippen molar-refractivity contribution >= 4 is 29.1 Å². The maximum Gasteiger partial charge on any atom is 0.255 e. The molecule has 0 saturated carbocycles. The molecule has 0 aliphatic heterocycles. The molecule has 3 aromatic rings. The van der Waals surface area contributed by atoms with Crippen molar-refractivity contribution in [2.45, 2.75) is 6.54 Å². The third-order valence-corrected chi connectivity index (χ3v) is 3.71. The van der Waals surface area contributed by atoms with Crippen LogP contribution in [0.15, 0.2) is 71.3 Å². The Kier molecular flexibility index (Phi) is 5.16. The SMILES string of the molecule is O=C(NCc1ccco1)c1cccc(C(=O)Nc2cccc(Cl)c2)c1. The van der Waals surface area contributed by atoms with Gasteiger partial charge in [0.1, 0.15) is 5.76 Å². The lowest BCUT2D eigenvalue weighted by Crippen LogP contribution is -2.23. The van der Waals surface area contributed by atoms with Gasteiger partial charge >= 0.3 is 0 Å². The summed E-state index contributed by atoms with van der Waals surface area (Å²) in [6.45, 7) is 0.283. The van der Waals surface area contributed by atoms with Crippen LogP contribution in [-0.4, -0.2) is 11.8 Å². The number of nitrogens with one attached hydrogen (secondary N) is 2. The highest BCUT2D eigenvalue weighted by atomic mass is 35.5. The normalized spacial score (nSPS) is 10.3. The number of carbonyl (C=O) groups excluding carboxylic acids is 2. The van der Waals surface area contributed by atoms with Crippen molar-refractivity contribution in [2.75, 3.05) is 5.32 Å². The van der Waals surface area contributed by atoms with Crippen LogP contribution in [0.25, 0.3) is 0 Å². The average Bonchev–Trinajstić information content (AvgIpc) is 3.13. The summed E-state index contributed by atoms with van der Waals surface area (Å²) < 4.78 is 5.17. The van der Waals surface area contributed by atoms with Gasteiger partial charge in [0, 0.05) is 21.8 Å². The molecule has 0 unspecified atom stereocenters. The molecular weight excluding hydrogens is 340 g/mol. The van der Waals surface area contributed by atoms with Crippen LogP contribution < -0.4 is 10.6 Å². The van der Waals surface area contributed by atoms with Gasteiger partial charge in [-0.3, -0.25) is 9.59 Å². The summed E-state index contributed by atoms with van der Waals surface area (Å²) in [5.41, 5.74) is 1.36. The highest BCUT2D eigenvalue weighted by molar-refractivity contribution is 6.31. The van der Waals surface area contributed by atoms with Gasteiger partial charge in [-0.25, -0.2) is 0 Å². The molecule has 3 rings (SSSR count). The topological polar surface area (TPSA) is 71.3 Å². The highest BCUT2D eigenvalue weighted by Gasteiger charge is 2.11. The Morgan fingerprint density at radius 2 is 1.68 bits per heavy atom. The van der Waals surface area contributed by atoms with E-state index >= 15 is 0 Å². The van der Waals surface area contributed by atoms with E-state index in [0.717, 1.165) is 0 Å². The minimum Gasteiger partial charge on any atom is -0.467 e. The summed E-state index contributed by atoms with van der Waals surface area (Å²) in [7, 11) is 0. The van der Waals surface area contributed by atoms with Crippen LogP contribution in [0.1, 0.15) is 26.5 Å². The summed E-state index contributed by atoms with van der Waals surface area (Å²) in [4.78, 5) is 24.6. The molecule has 0 aliphatic carbocycles. The van der Waals surface area contributed by atoms with Crippen molar-refractivity contribution in [3.63, 3.8) is 0 Å². The largest absolute Gasteiger partial charge is 0.467 e. The number of rotatable bonds is 5. The summed E-state index contributed by atoms with van der Waals surface area (Å²) in [6, 6.07) is 16.9. The lowest BCUT2D eigenvalue weighted by molar-refractivity contribution is 0.0948. The third kappa shape index (κ3) is 4.49. The number of benzene rings is 2. The number of hydrogen-bond donors (Lipinski definition) is 2. The number of halogens is 1. The van der Waals surface area contributed by atoms with Crippen molar-refractivity contribution in [1.29, 1.82) is 0 Å². The molecule has 2 aromatic carbocycles. The van der Waals surface area contributed by atoms with Gasteiger partial charge < -0.3 is 15.1 Å². The van der Waals surface area contributed by atoms with Crippen LogP contribution in [-0.2, 0) is 6.54 Å². The fourth-order valence-corrected chi connectivity index (χ4v) is 2.44. The minimum atomic E-state index is -0.317. The highest BCUT2D eigenvalue weighted by Crippen LogP contribution is 2.16. The zero-order valence-corrected chi connectivity index (χ0v) is 13.9. The molecule has 0 bridgehead atoms. The minimum absolute atomic E-state index is 0.283. The molecule has 2 N–H and O–H groups in total. The molecular formula is C19H15ClN2O3. The molecule has 0 radical (unpaired) electrons. The second-order valence-corrected chi connectivity index (χ2v) is 5.74. The molecule has 2 amide bonds. The number of anilines is 1. The van der Waals surface area contributed by atoms with Gasteiger partial charge in [-0.2, -0.15) is 0 Å². The van der Waals surface area contributed by atoms with Gasteiger partial charge in [0.05, 0.1) is 12.8 Å². The van der Waals surface area contributed by atoms with E-state index in [-0.39, 0.29) is 18.4 Å².